The maximum atomic E-state index is 13.2. The van der Waals surface area contributed by atoms with Crippen LogP contribution in [0.1, 0.15) is 70.6 Å². The Labute approximate surface area is 174 Å². The van der Waals surface area contributed by atoms with Crippen molar-refractivity contribution < 1.29 is 14.3 Å². The van der Waals surface area contributed by atoms with Crippen molar-refractivity contribution in [3.63, 3.8) is 0 Å². The van der Waals surface area contributed by atoms with Crippen LogP contribution in [0, 0.1) is 23.2 Å². The third-order valence-corrected chi connectivity index (χ3v) is 8.04. The summed E-state index contributed by atoms with van der Waals surface area (Å²) in [4.78, 5) is 28.3. The average Bonchev–Trinajstić information content (AvgIpc) is 2.73. The monoisotopic (exact) mass is 395 g/mol. The Bertz CT molecular complexity index is 717. The summed E-state index contributed by atoms with van der Waals surface area (Å²) in [5.74, 6) is 1.94. The lowest BCUT2D eigenvalue weighted by atomic mass is 9.49. The molecule has 5 fully saturated rings. The summed E-state index contributed by atoms with van der Waals surface area (Å²) >= 11 is 0. The van der Waals surface area contributed by atoms with E-state index in [0.29, 0.717) is 17.8 Å². The number of benzene rings is 1. The molecule has 6 rings (SSSR count). The predicted molar refractivity (Wildman–Crippen MR) is 112 cm³/mol. The normalized spacial score (nSPS) is 33.4. The van der Waals surface area contributed by atoms with E-state index in [1.807, 2.05) is 35.2 Å². The van der Waals surface area contributed by atoms with Gasteiger partial charge in [-0.05, 0) is 81.3 Å². The van der Waals surface area contributed by atoms with Gasteiger partial charge in [0.25, 0.3) is 5.91 Å². The van der Waals surface area contributed by atoms with E-state index in [2.05, 4.69) is 0 Å². The Morgan fingerprint density at radius 1 is 0.897 bits per heavy atom. The molecular formula is C25H33NO3. The third-order valence-electron chi connectivity index (χ3n) is 8.04. The first kappa shape index (κ1) is 19.1. The molecule has 0 N–H and O–H groups in total. The molecular weight excluding hydrogens is 362 g/mol. The van der Waals surface area contributed by atoms with E-state index >= 15 is 0 Å². The van der Waals surface area contributed by atoms with Crippen LogP contribution in [0.2, 0.25) is 0 Å². The van der Waals surface area contributed by atoms with Gasteiger partial charge in [-0.25, -0.2) is 0 Å². The summed E-state index contributed by atoms with van der Waals surface area (Å²) < 4.78 is 5.75. The number of esters is 1. The van der Waals surface area contributed by atoms with Crippen molar-refractivity contribution in [2.45, 2.75) is 76.7 Å². The molecule has 4 heteroatoms. The molecule has 4 bridgehead atoms. The summed E-state index contributed by atoms with van der Waals surface area (Å²) in [6, 6.07) is 10.1. The van der Waals surface area contributed by atoms with Crippen LogP contribution < -0.4 is 4.90 Å². The average molecular weight is 396 g/mol. The predicted octanol–water partition coefficient (Wildman–Crippen LogP) is 5.11. The molecule has 0 heterocycles. The van der Waals surface area contributed by atoms with Gasteiger partial charge in [0, 0.05) is 11.7 Å². The van der Waals surface area contributed by atoms with Crippen LogP contribution in [0.25, 0.3) is 0 Å². The summed E-state index contributed by atoms with van der Waals surface area (Å²) in [5, 5.41) is 0. The number of ether oxygens (including phenoxy) is 1. The minimum Gasteiger partial charge on any atom is -0.455 e. The molecule has 0 aliphatic heterocycles. The zero-order valence-electron chi connectivity index (χ0n) is 17.4. The zero-order valence-corrected chi connectivity index (χ0v) is 17.4. The highest BCUT2D eigenvalue weighted by atomic mass is 16.5. The number of hydrogen-bond donors (Lipinski definition) is 0. The molecule has 0 unspecified atom stereocenters. The SMILES string of the molecule is O=C(COC(=O)C12CC3CC(CC(C3)C1)C2)N(c1ccccc1)C1CCCCC1. The van der Waals surface area contributed by atoms with Crippen molar-refractivity contribution in [1.29, 1.82) is 0 Å². The van der Waals surface area contributed by atoms with E-state index in [1.54, 1.807) is 0 Å². The molecule has 1 aromatic rings. The van der Waals surface area contributed by atoms with Gasteiger partial charge in [0.1, 0.15) is 0 Å². The lowest BCUT2D eigenvalue weighted by molar-refractivity contribution is -0.173. The highest BCUT2D eigenvalue weighted by Crippen LogP contribution is 2.60. The quantitative estimate of drug-likeness (QED) is 0.651. The van der Waals surface area contributed by atoms with Crippen molar-refractivity contribution in [2.24, 2.45) is 23.2 Å². The largest absolute Gasteiger partial charge is 0.455 e. The Kier molecular flexibility index (Phi) is 5.13. The molecule has 0 aromatic heterocycles. The van der Waals surface area contributed by atoms with E-state index in [9.17, 15) is 9.59 Å². The van der Waals surface area contributed by atoms with E-state index in [4.69, 9.17) is 4.74 Å². The molecule has 0 atom stereocenters. The van der Waals surface area contributed by atoms with E-state index in [0.717, 1.165) is 50.6 Å². The van der Waals surface area contributed by atoms with Crippen molar-refractivity contribution >= 4 is 17.6 Å². The number of anilines is 1. The fourth-order valence-electron chi connectivity index (χ4n) is 7.20. The van der Waals surface area contributed by atoms with Crippen LogP contribution in [-0.4, -0.2) is 24.5 Å². The van der Waals surface area contributed by atoms with Crippen LogP contribution in [0.3, 0.4) is 0 Å². The lowest BCUT2D eigenvalue weighted by Crippen LogP contribution is -2.51. The van der Waals surface area contributed by atoms with Gasteiger partial charge in [-0.15, -0.1) is 0 Å². The van der Waals surface area contributed by atoms with Crippen molar-refractivity contribution in [3.05, 3.63) is 30.3 Å². The number of hydrogen-bond acceptors (Lipinski definition) is 3. The number of nitrogens with zero attached hydrogens (tertiary/aromatic N) is 1. The minimum absolute atomic E-state index is 0.0684. The van der Waals surface area contributed by atoms with Crippen molar-refractivity contribution in [3.8, 4) is 0 Å². The summed E-state index contributed by atoms with van der Waals surface area (Å²) in [6.45, 7) is -0.119. The molecule has 0 saturated heterocycles. The van der Waals surface area contributed by atoms with Gasteiger partial charge >= 0.3 is 5.97 Å². The van der Waals surface area contributed by atoms with Gasteiger partial charge in [0.15, 0.2) is 6.61 Å². The maximum absolute atomic E-state index is 13.2. The molecule has 5 saturated carbocycles. The highest BCUT2D eigenvalue weighted by molar-refractivity contribution is 5.96. The second-order valence-corrected chi connectivity index (χ2v) is 10.2. The van der Waals surface area contributed by atoms with Gasteiger partial charge in [-0.3, -0.25) is 9.59 Å². The van der Waals surface area contributed by atoms with Crippen LogP contribution in [0.15, 0.2) is 30.3 Å². The van der Waals surface area contributed by atoms with Crippen LogP contribution in [0.4, 0.5) is 5.69 Å². The van der Waals surface area contributed by atoms with Crippen molar-refractivity contribution in [1.82, 2.24) is 0 Å². The Hall–Kier alpha value is -1.84. The Balaban J connectivity index is 1.27. The second kappa shape index (κ2) is 7.77. The van der Waals surface area contributed by atoms with E-state index in [-0.39, 0.29) is 29.9 Å². The fraction of sp³-hybridized carbons (Fsp3) is 0.680. The van der Waals surface area contributed by atoms with Gasteiger partial charge in [0.05, 0.1) is 5.41 Å². The van der Waals surface area contributed by atoms with Crippen LogP contribution >= 0.6 is 0 Å². The fourth-order valence-corrected chi connectivity index (χ4v) is 7.20. The van der Waals surface area contributed by atoms with Gasteiger partial charge in [-0.1, -0.05) is 37.5 Å². The molecule has 1 aromatic carbocycles. The topological polar surface area (TPSA) is 46.6 Å². The molecule has 29 heavy (non-hydrogen) atoms. The summed E-state index contributed by atoms with van der Waals surface area (Å²) in [5.41, 5.74) is 0.632. The number of carbonyl (C=O) groups excluding carboxylic acids is 2. The number of amides is 1. The van der Waals surface area contributed by atoms with Gasteiger partial charge in [0.2, 0.25) is 0 Å². The third kappa shape index (κ3) is 3.71. The Morgan fingerprint density at radius 3 is 2.07 bits per heavy atom. The maximum Gasteiger partial charge on any atom is 0.312 e. The second-order valence-electron chi connectivity index (χ2n) is 10.2. The summed E-state index contributed by atoms with van der Waals surface area (Å²) in [6.07, 6.45) is 12.5. The summed E-state index contributed by atoms with van der Waals surface area (Å²) in [7, 11) is 0. The number of rotatable bonds is 5. The molecule has 5 aliphatic carbocycles. The smallest absolute Gasteiger partial charge is 0.312 e. The van der Waals surface area contributed by atoms with Gasteiger partial charge in [-0.2, -0.15) is 0 Å². The standard InChI is InChI=1S/C25H33NO3/c27-23(26(21-7-3-1-4-8-21)22-9-5-2-6-10-22)17-29-24(28)25-14-18-11-19(15-25)13-20(12-18)16-25/h1,3-4,7-8,18-20,22H,2,5-6,9-17H2. The molecule has 156 valence electrons. The molecule has 4 nitrogen and oxygen atoms in total. The van der Waals surface area contributed by atoms with Crippen LogP contribution in [-0.2, 0) is 14.3 Å². The molecule has 5 aliphatic rings. The van der Waals surface area contributed by atoms with E-state index in [1.165, 1.54) is 25.7 Å². The highest BCUT2D eigenvalue weighted by Gasteiger charge is 2.55. The first-order valence-corrected chi connectivity index (χ1v) is 11.7. The van der Waals surface area contributed by atoms with Gasteiger partial charge < -0.3 is 9.64 Å². The molecule has 0 radical (unpaired) electrons. The Morgan fingerprint density at radius 2 is 1.48 bits per heavy atom. The lowest BCUT2D eigenvalue weighted by Gasteiger charge is -2.55. The first-order chi connectivity index (χ1) is 14.1. The number of para-hydroxylation sites is 1. The minimum atomic E-state index is -0.294. The van der Waals surface area contributed by atoms with Crippen LogP contribution in [0.5, 0.6) is 0 Å². The van der Waals surface area contributed by atoms with Crippen molar-refractivity contribution in [2.75, 3.05) is 11.5 Å². The first-order valence-electron chi connectivity index (χ1n) is 11.7. The zero-order chi connectivity index (χ0) is 19.8. The molecule has 0 spiro atoms. The number of carbonyl (C=O) groups is 2. The molecule has 1 amide bonds. The van der Waals surface area contributed by atoms with E-state index < -0.39 is 0 Å².